The monoisotopic (exact) mass is 388 g/mol. The first-order chi connectivity index (χ1) is 13.7. The topological polar surface area (TPSA) is 139 Å². The molecule has 0 aliphatic rings. The van der Waals surface area contributed by atoms with Gasteiger partial charge in [-0.3, -0.25) is 9.59 Å². The van der Waals surface area contributed by atoms with Gasteiger partial charge in [0.2, 0.25) is 17.6 Å². The molecule has 1 heterocycles. The van der Waals surface area contributed by atoms with E-state index in [4.69, 9.17) is 9.84 Å². The van der Waals surface area contributed by atoms with Crippen molar-refractivity contribution < 1.29 is 19.4 Å². The smallest absolute Gasteiger partial charge is 0.220 e. The van der Waals surface area contributed by atoms with E-state index >= 15 is 0 Å². The van der Waals surface area contributed by atoms with E-state index in [0.717, 1.165) is 11.1 Å². The summed E-state index contributed by atoms with van der Waals surface area (Å²) in [6.45, 7) is 1.37. The molecular formula is C18H24N6O4. The number of aliphatic hydroxyl groups excluding tert-OH is 1. The van der Waals surface area contributed by atoms with Crippen LogP contribution in [0.5, 0.6) is 0 Å². The molecular weight excluding hydrogens is 364 g/mol. The number of aromatic nitrogens is 4. The first kappa shape index (κ1) is 21.3. The zero-order chi connectivity index (χ0) is 20.0. The molecule has 2 rings (SSSR count). The minimum absolute atomic E-state index is 0.0381. The van der Waals surface area contributed by atoms with Crippen LogP contribution < -0.4 is 10.6 Å². The fourth-order valence-electron chi connectivity index (χ4n) is 2.31. The lowest BCUT2D eigenvalue weighted by Crippen LogP contribution is -2.28. The van der Waals surface area contributed by atoms with Crippen LogP contribution in [0.25, 0.3) is 11.4 Å². The second-order valence-corrected chi connectivity index (χ2v) is 5.88. The molecule has 10 nitrogen and oxygen atoms in total. The van der Waals surface area contributed by atoms with Gasteiger partial charge in [-0.05, 0) is 12.0 Å². The number of hydrogen-bond acceptors (Lipinski definition) is 8. The molecule has 0 aliphatic heterocycles. The number of carbonyl (C=O) groups is 2. The number of carbonyl (C=O) groups excluding carboxylic acids is 2. The van der Waals surface area contributed by atoms with Crippen molar-refractivity contribution >= 4 is 11.8 Å². The Labute approximate surface area is 162 Å². The average molecular weight is 388 g/mol. The molecule has 0 spiro atoms. The summed E-state index contributed by atoms with van der Waals surface area (Å²) in [4.78, 5) is 23.5. The summed E-state index contributed by atoms with van der Waals surface area (Å²) in [7, 11) is 0. The lowest BCUT2D eigenvalue weighted by molar-refractivity contribution is -0.122. The molecule has 3 N–H and O–H groups in total. The lowest BCUT2D eigenvalue weighted by Gasteiger charge is -2.07. The van der Waals surface area contributed by atoms with Crippen LogP contribution in [0.2, 0.25) is 0 Å². The third kappa shape index (κ3) is 8.14. The first-order valence-corrected chi connectivity index (χ1v) is 9.00. The van der Waals surface area contributed by atoms with Crippen molar-refractivity contribution in [2.75, 3.05) is 26.4 Å². The molecule has 0 atom stereocenters. The van der Waals surface area contributed by atoms with E-state index in [2.05, 4.69) is 31.0 Å². The molecule has 0 unspecified atom stereocenters. The van der Waals surface area contributed by atoms with Gasteiger partial charge in [0.1, 0.15) is 0 Å². The van der Waals surface area contributed by atoms with E-state index in [1.165, 1.54) is 6.33 Å². The van der Waals surface area contributed by atoms with Gasteiger partial charge in [0.15, 0.2) is 6.33 Å². The maximum atomic E-state index is 11.9. The molecule has 0 radical (unpaired) electrons. The van der Waals surface area contributed by atoms with Gasteiger partial charge in [-0.25, -0.2) is 0 Å². The zero-order valence-corrected chi connectivity index (χ0v) is 15.5. The minimum Gasteiger partial charge on any atom is -0.394 e. The van der Waals surface area contributed by atoms with Gasteiger partial charge in [0, 0.05) is 31.5 Å². The van der Waals surface area contributed by atoms with Crippen LogP contribution in [0.4, 0.5) is 0 Å². The number of nitrogens with one attached hydrogen (secondary N) is 2. The molecule has 0 fully saturated rings. The van der Waals surface area contributed by atoms with Gasteiger partial charge in [0.25, 0.3) is 0 Å². The lowest BCUT2D eigenvalue weighted by atomic mass is 10.1. The molecule has 0 saturated heterocycles. The van der Waals surface area contributed by atoms with Crippen LogP contribution in [0.3, 0.4) is 0 Å². The van der Waals surface area contributed by atoms with E-state index in [1.807, 2.05) is 24.3 Å². The molecule has 1 aromatic carbocycles. The first-order valence-electron chi connectivity index (χ1n) is 9.00. The molecule has 150 valence electrons. The number of hydrogen-bond donors (Lipinski definition) is 3. The van der Waals surface area contributed by atoms with Gasteiger partial charge in [-0.15, -0.1) is 20.4 Å². The molecule has 1 aromatic heterocycles. The van der Waals surface area contributed by atoms with Crippen molar-refractivity contribution in [2.24, 2.45) is 0 Å². The predicted molar refractivity (Wildman–Crippen MR) is 99.7 cm³/mol. The standard InChI is InChI=1S/C18H24N6O4/c25-9-11-28-10-8-19-16(26)2-1-3-17(27)20-12-14-4-6-15(7-5-14)18-23-21-13-22-24-18/h4-7,13,25H,1-3,8-12H2,(H,19,26)(H,20,27). The highest BCUT2D eigenvalue weighted by molar-refractivity contribution is 5.78. The molecule has 2 amide bonds. The molecule has 10 heteroatoms. The summed E-state index contributed by atoms with van der Waals surface area (Å²) < 4.78 is 5.04. The molecule has 0 aliphatic carbocycles. The molecule has 28 heavy (non-hydrogen) atoms. The summed E-state index contributed by atoms with van der Waals surface area (Å²) in [6, 6.07) is 7.43. The minimum atomic E-state index is -0.122. The van der Waals surface area contributed by atoms with Crippen molar-refractivity contribution in [3.63, 3.8) is 0 Å². The highest BCUT2D eigenvalue weighted by atomic mass is 16.5. The Balaban J connectivity index is 1.60. The number of rotatable bonds is 12. The number of aliphatic hydroxyl groups is 1. The van der Waals surface area contributed by atoms with Crippen LogP contribution in [0.15, 0.2) is 30.6 Å². The Hall–Kier alpha value is -2.98. The average Bonchev–Trinajstić information content (AvgIpc) is 2.73. The van der Waals surface area contributed by atoms with Crippen LogP contribution in [0.1, 0.15) is 24.8 Å². The SMILES string of the molecule is O=C(CCCC(=O)NCc1ccc(-c2nncnn2)cc1)NCCOCCO. The van der Waals surface area contributed by atoms with Crippen molar-refractivity contribution in [1.29, 1.82) is 0 Å². The highest BCUT2D eigenvalue weighted by Gasteiger charge is 2.06. The zero-order valence-electron chi connectivity index (χ0n) is 15.5. The Bertz CT molecular complexity index is 727. The van der Waals surface area contributed by atoms with Crippen molar-refractivity contribution in [3.8, 4) is 11.4 Å². The van der Waals surface area contributed by atoms with Gasteiger partial charge in [-0.2, -0.15) is 0 Å². The quantitative estimate of drug-likeness (QED) is 0.427. The predicted octanol–water partition coefficient (Wildman–Crippen LogP) is -0.155. The second kappa shape index (κ2) is 12.4. The van der Waals surface area contributed by atoms with E-state index < -0.39 is 0 Å². The van der Waals surface area contributed by atoms with Gasteiger partial charge < -0.3 is 20.5 Å². The Morgan fingerprint density at radius 2 is 1.64 bits per heavy atom. The van der Waals surface area contributed by atoms with Gasteiger partial charge >= 0.3 is 0 Å². The normalized spacial score (nSPS) is 10.5. The summed E-state index contributed by atoms with van der Waals surface area (Å²) in [5, 5.41) is 29.2. The van der Waals surface area contributed by atoms with Crippen molar-refractivity contribution in [1.82, 2.24) is 31.0 Å². The summed E-state index contributed by atoms with van der Waals surface area (Å²) in [6.07, 6.45) is 2.30. The number of nitrogens with zero attached hydrogens (tertiary/aromatic N) is 4. The maximum Gasteiger partial charge on any atom is 0.220 e. The highest BCUT2D eigenvalue weighted by Crippen LogP contribution is 2.13. The summed E-state index contributed by atoms with van der Waals surface area (Å²) >= 11 is 0. The number of benzene rings is 1. The van der Waals surface area contributed by atoms with E-state index in [0.29, 0.717) is 31.9 Å². The second-order valence-electron chi connectivity index (χ2n) is 5.88. The van der Waals surface area contributed by atoms with E-state index in [1.54, 1.807) is 0 Å². The van der Waals surface area contributed by atoms with Crippen LogP contribution in [-0.2, 0) is 20.9 Å². The third-order valence-electron chi connectivity index (χ3n) is 3.72. The Kier molecular flexibility index (Phi) is 9.45. The number of amides is 2. The van der Waals surface area contributed by atoms with Crippen LogP contribution in [-0.4, -0.2) is 63.7 Å². The summed E-state index contributed by atoms with van der Waals surface area (Å²) in [5.74, 6) is 0.211. The van der Waals surface area contributed by atoms with Crippen molar-refractivity contribution in [3.05, 3.63) is 36.2 Å². The van der Waals surface area contributed by atoms with Crippen LogP contribution >= 0.6 is 0 Å². The summed E-state index contributed by atoms with van der Waals surface area (Å²) in [5.41, 5.74) is 1.73. The van der Waals surface area contributed by atoms with Crippen molar-refractivity contribution in [2.45, 2.75) is 25.8 Å². The molecule has 0 bridgehead atoms. The van der Waals surface area contributed by atoms with E-state index in [9.17, 15) is 9.59 Å². The fraction of sp³-hybridized carbons (Fsp3) is 0.444. The molecule has 2 aromatic rings. The number of ether oxygens (including phenoxy) is 1. The molecule has 0 saturated carbocycles. The largest absolute Gasteiger partial charge is 0.394 e. The van der Waals surface area contributed by atoms with Gasteiger partial charge in [0.05, 0.1) is 19.8 Å². The fourth-order valence-corrected chi connectivity index (χ4v) is 2.31. The maximum absolute atomic E-state index is 11.9. The van der Waals surface area contributed by atoms with Gasteiger partial charge in [-0.1, -0.05) is 24.3 Å². The van der Waals surface area contributed by atoms with Crippen LogP contribution in [0, 0.1) is 0 Å². The van der Waals surface area contributed by atoms with E-state index in [-0.39, 0.29) is 37.9 Å². The Morgan fingerprint density at radius 1 is 0.964 bits per heavy atom. The Morgan fingerprint density at radius 3 is 2.32 bits per heavy atom. The third-order valence-corrected chi connectivity index (χ3v) is 3.72.